The van der Waals surface area contributed by atoms with Crippen molar-refractivity contribution in [3.05, 3.63) is 65.4 Å². The van der Waals surface area contributed by atoms with Crippen molar-refractivity contribution >= 4 is 23.3 Å². The number of nitrogens with zero attached hydrogens (tertiary/aromatic N) is 2. The summed E-state index contributed by atoms with van der Waals surface area (Å²) in [5.74, 6) is -0.460. The van der Waals surface area contributed by atoms with E-state index in [2.05, 4.69) is 9.97 Å². The van der Waals surface area contributed by atoms with Crippen LogP contribution in [0.4, 0.5) is 0 Å². The topological polar surface area (TPSA) is 78.4 Å². The number of hydrogen-bond donors (Lipinski definition) is 0. The molecule has 132 valence electrons. The molecule has 0 saturated carbocycles. The molecule has 0 N–H and O–H groups in total. The predicted octanol–water partition coefficient (Wildman–Crippen LogP) is 3.53. The van der Waals surface area contributed by atoms with Gasteiger partial charge in [0.15, 0.2) is 0 Å². The van der Waals surface area contributed by atoms with Crippen LogP contribution < -0.4 is 4.74 Å². The van der Waals surface area contributed by atoms with Gasteiger partial charge >= 0.3 is 11.9 Å². The fourth-order valence-corrected chi connectivity index (χ4v) is 3.01. The van der Waals surface area contributed by atoms with E-state index in [0.717, 1.165) is 10.6 Å². The zero-order chi connectivity index (χ0) is 18.4. The number of hydrogen-bond acceptors (Lipinski definition) is 7. The van der Waals surface area contributed by atoms with Gasteiger partial charge in [0.2, 0.25) is 0 Å². The van der Waals surface area contributed by atoms with Gasteiger partial charge in [-0.15, -0.1) is 11.3 Å². The standard InChI is InChI=1S/C19H16N2O4S/c1-2-24-19(23)13-5-7-16(8-6-13)25-17(22)10-15-12-26-18(21-15)14-4-3-9-20-11-14/h3-9,11-12H,2,10H2,1H3. The first-order chi connectivity index (χ1) is 12.7. The summed E-state index contributed by atoms with van der Waals surface area (Å²) in [7, 11) is 0. The molecule has 26 heavy (non-hydrogen) atoms. The SMILES string of the molecule is CCOC(=O)c1ccc(OC(=O)Cc2csc(-c3cccnc3)n2)cc1. The number of rotatable bonds is 6. The molecule has 0 unspecified atom stereocenters. The Morgan fingerprint density at radius 1 is 1.15 bits per heavy atom. The monoisotopic (exact) mass is 368 g/mol. The fraction of sp³-hybridized carbons (Fsp3) is 0.158. The Hall–Kier alpha value is -3.06. The minimum Gasteiger partial charge on any atom is -0.462 e. The smallest absolute Gasteiger partial charge is 0.338 e. The normalized spacial score (nSPS) is 10.3. The van der Waals surface area contributed by atoms with Crippen molar-refractivity contribution in [2.24, 2.45) is 0 Å². The molecule has 0 radical (unpaired) electrons. The van der Waals surface area contributed by atoms with E-state index >= 15 is 0 Å². The maximum atomic E-state index is 12.1. The molecular formula is C19H16N2O4S. The summed E-state index contributed by atoms with van der Waals surface area (Å²) in [6, 6.07) is 10.00. The molecule has 2 aromatic heterocycles. The molecule has 0 saturated heterocycles. The highest BCUT2D eigenvalue weighted by molar-refractivity contribution is 7.13. The van der Waals surface area contributed by atoms with Gasteiger partial charge in [0.1, 0.15) is 10.8 Å². The largest absolute Gasteiger partial charge is 0.462 e. The highest BCUT2D eigenvalue weighted by Crippen LogP contribution is 2.23. The van der Waals surface area contributed by atoms with Gasteiger partial charge in [-0.25, -0.2) is 9.78 Å². The summed E-state index contributed by atoms with van der Waals surface area (Å²) in [6.07, 6.45) is 3.49. The van der Waals surface area contributed by atoms with Crippen LogP contribution in [-0.4, -0.2) is 28.5 Å². The van der Waals surface area contributed by atoms with Crippen LogP contribution in [0, 0.1) is 0 Å². The molecule has 0 fully saturated rings. The lowest BCUT2D eigenvalue weighted by Gasteiger charge is -2.05. The summed E-state index contributed by atoms with van der Waals surface area (Å²) < 4.78 is 10.2. The van der Waals surface area contributed by atoms with Gasteiger partial charge in [-0.2, -0.15) is 0 Å². The number of esters is 2. The molecule has 0 spiro atoms. The van der Waals surface area contributed by atoms with E-state index < -0.39 is 11.9 Å². The van der Waals surface area contributed by atoms with E-state index in [-0.39, 0.29) is 6.42 Å². The van der Waals surface area contributed by atoms with Crippen LogP contribution in [0.15, 0.2) is 54.2 Å². The third-order valence-electron chi connectivity index (χ3n) is 3.38. The Morgan fingerprint density at radius 3 is 2.65 bits per heavy atom. The minimum atomic E-state index is -0.420. The minimum absolute atomic E-state index is 0.0659. The summed E-state index contributed by atoms with van der Waals surface area (Å²) in [5.41, 5.74) is 1.96. The summed E-state index contributed by atoms with van der Waals surface area (Å²) in [6.45, 7) is 2.05. The lowest BCUT2D eigenvalue weighted by molar-refractivity contribution is -0.133. The Labute approximate surface area is 154 Å². The van der Waals surface area contributed by atoms with Gasteiger partial charge in [0.05, 0.1) is 24.3 Å². The van der Waals surface area contributed by atoms with Crippen molar-refractivity contribution in [2.45, 2.75) is 13.3 Å². The fourth-order valence-electron chi connectivity index (χ4n) is 2.20. The Bertz CT molecular complexity index is 891. The highest BCUT2D eigenvalue weighted by Gasteiger charge is 2.12. The van der Waals surface area contributed by atoms with Crippen LogP contribution in [0.2, 0.25) is 0 Å². The van der Waals surface area contributed by atoms with Gasteiger partial charge < -0.3 is 9.47 Å². The molecule has 0 atom stereocenters. The average Bonchev–Trinajstić information content (AvgIpc) is 3.11. The number of thiazole rings is 1. The van der Waals surface area contributed by atoms with E-state index in [1.165, 1.54) is 11.3 Å². The molecule has 3 rings (SSSR count). The number of aromatic nitrogens is 2. The van der Waals surface area contributed by atoms with Crippen LogP contribution in [0.5, 0.6) is 5.75 Å². The molecule has 0 aliphatic heterocycles. The first kappa shape index (κ1) is 17.8. The number of carbonyl (C=O) groups excluding carboxylic acids is 2. The molecule has 3 aromatic rings. The van der Waals surface area contributed by atoms with Crippen molar-refractivity contribution in [1.82, 2.24) is 9.97 Å². The molecule has 0 aliphatic carbocycles. The second-order valence-corrected chi connectivity index (χ2v) is 6.14. The zero-order valence-electron chi connectivity index (χ0n) is 14.0. The van der Waals surface area contributed by atoms with Crippen molar-refractivity contribution in [3.8, 4) is 16.3 Å². The van der Waals surface area contributed by atoms with Crippen LogP contribution in [0.3, 0.4) is 0 Å². The van der Waals surface area contributed by atoms with Crippen LogP contribution in [0.25, 0.3) is 10.6 Å². The lowest BCUT2D eigenvalue weighted by Crippen LogP contribution is -2.11. The van der Waals surface area contributed by atoms with Crippen molar-refractivity contribution < 1.29 is 19.1 Å². The summed E-state index contributed by atoms with van der Waals surface area (Å²) >= 11 is 1.45. The van der Waals surface area contributed by atoms with E-state index in [4.69, 9.17) is 9.47 Å². The quantitative estimate of drug-likeness (QED) is 0.489. The number of pyridine rings is 1. The van der Waals surface area contributed by atoms with E-state index in [1.807, 2.05) is 17.5 Å². The lowest BCUT2D eigenvalue weighted by atomic mass is 10.2. The molecule has 0 bridgehead atoms. The van der Waals surface area contributed by atoms with Crippen molar-refractivity contribution in [2.75, 3.05) is 6.61 Å². The average molecular weight is 368 g/mol. The third-order valence-corrected chi connectivity index (χ3v) is 4.32. The molecular weight excluding hydrogens is 352 g/mol. The maximum Gasteiger partial charge on any atom is 0.338 e. The number of ether oxygens (including phenoxy) is 2. The van der Waals surface area contributed by atoms with Gasteiger partial charge in [-0.3, -0.25) is 9.78 Å². The first-order valence-corrected chi connectivity index (χ1v) is 8.86. The van der Waals surface area contributed by atoms with E-state index in [0.29, 0.717) is 23.6 Å². The second kappa shape index (κ2) is 8.35. The maximum absolute atomic E-state index is 12.1. The number of benzene rings is 1. The second-order valence-electron chi connectivity index (χ2n) is 5.28. The molecule has 1 aromatic carbocycles. The Morgan fingerprint density at radius 2 is 1.96 bits per heavy atom. The van der Waals surface area contributed by atoms with Crippen LogP contribution in [-0.2, 0) is 16.0 Å². The Balaban J connectivity index is 1.59. The van der Waals surface area contributed by atoms with Gasteiger partial charge in [-0.05, 0) is 43.3 Å². The zero-order valence-corrected chi connectivity index (χ0v) is 14.9. The van der Waals surface area contributed by atoms with Gasteiger partial charge in [-0.1, -0.05) is 0 Å². The summed E-state index contributed by atoms with van der Waals surface area (Å²) in [4.78, 5) is 32.2. The molecule has 0 amide bonds. The number of carbonyl (C=O) groups is 2. The highest BCUT2D eigenvalue weighted by atomic mass is 32.1. The summed E-state index contributed by atoms with van der Waals surface area (Å²) in [5, 5.41) is 2.63. The molecule has 0 aliphatic rings. The van der Waals surface area contributed by atoms with Crippen molar-refractivity contribution in [1.29, 1.82) is 0 Å². The molecule has 6 nitrogen and oxygen atoms in total. The Kier molecular flexibility index (Phi) is 5.70. The van der Waals surface area contributed by atoms with Gasteiger partial charge in [0, 0.05) is 23.3 Å². The predicted molar refractivity (Wildman–Crippen MR) is 97.1 cm³/mol. The van der Waals surface area contributed by atoms with E-state index in [9.17, 15) is 9.59 Å². The molecule has 2 heterocycles. The van der Waals surface area contributed by atoms with Crippen LogP contribution in [0.1, 0.15) is 23.0 Å². The molecule has 7 heteroatoms. The van der Waals surface area contributed by atoms with Crippen molar-refractivity contribution in [3.63, 3.8) is 0 Å². The third kappa shape index (κ3) is 4.52. The van der Waals surface area contributed by atoms with Gasteiger partial charge in [0.25, 0.3) is 0 Å². The first-order valence-electron chi connectivity index (χ1n) is 7.98. The van der Waals surface area contributed by atoms with E-state index in [1.54, 1.807) is 43.6 Å². The van der Waals surface area contributed by atoms with Crippen LogP contribution >= 0.6 is 11.3 Å².